The standard InChI is InChI=1S/C15H15Br2NO/c1-10(12-6-2-3-7-13(12)16)18-9-11-5-4-8-14(17)15(11)19/h2-8,10,18-19H,9H2,1H3. The van der Waals surface area contributed by atoms with Crippen molar-refractivity contribution in [2.75, 3.05) is 0 Å². The van der Waals surface area contributed by atoms with Crippen LogP contribution in [0.15, 0.2) is 51.4 Å². The lowest BCUT2D eigenvalue weighted by Crippen LogP contribution is -2.18. The molecule has 0 aliphatic heterocycles. The molecule has 0 heterocycles. The first kappa shape index (κ1) is 14.6. The number of phenols is 1. The van der Waals surface area contributed by atoms with Crippen LogP contribution < -0.4 is 5.32 Å². The van der Waals surface area contributed by atoms with Gasteiger partial charge in [-0.3, -0.25) is 0 Å². The number of nitrogens with one attached hydrogen (secondary N) is 1. The number of rotatable bonds is 4. The average molecular weight is 385 g/mol. The number of aromatic hydroxyl groups is 1. The van der Waals surface area contributed by atoms with Crippen molar-refractivity contribution in [1.29, 1.82) is 0 Å². The first-order chi connectivity index (χ1) is 9.09. The number of halogens is 2. The molecule has 0 radical (unpaired) electrons. The van der Waals surface area contributed by atoms with Gasteiger partial charge in [-0.25, -0.2) is 0 Å². The molecule has 0 aromatic heterocycles. The maximum atomic E-state index is 9.94. The second-order valence-corrected chi connectivity index (χ2v) is 6.08. The van der Waals surface area contributed by atoms with Crippen LogP contribution in [0.4, 0.5) is 0 Å². The molecule has 2 nitrogen and oxygen atoms in total. The van der Waals surface area contributed by atoms with E-state index in [1.165, 1.54) is 5.56 Å². The Balaban J connectivity index is 2.07. The average Bonchev–Trinajstić information content (AvgIpc) is 2.40. The second kappa shape index (κ2) is 6.55. The summed E-state index contributed by atoms with van der Waals surface area (Å²) < 4.78 is 1.81. The van der Waals surface area contributed by atoms with Gasteiger partial charge in [-0.1, -0.05) is 46.3 Å². The number of benzene rings is 2. The van der Waals surface area contributed by atoms with Crippen LogP contribution in [0.25, 0.3) is 0 Å². The Bertz CT molecular complexity index is 572. The lowest BCUT2D eigenvalue weighted by atomic mass is 10.1. The van der Waals surface area contributed by atoms with Crippen LogP contribution >= 0.6 is 31.9 Å². The summed E-state index contributed by atoms with van der Waals surface area (Å²) in [6.07, 6.45) is 0. The molecule has 0 fully saturated rings. The van der Waals surface area contributed by atoms with E-state index < -0.39 is 0 Å². The molecule has 0 aliphatic carbocycles. The monoisotopic (exact) mass is 383 g/mol. The maximum absolute atomic E-state index is 9.94. The van der Waals surface area contributed by atoms with Gasteiger partial charge in [0.15, 0.2) is 0 Å². The third-order valence-corrected chi connectivity index (χ3v) is 4.40. The number of phenolic OH excluding ortho intramolecular Hbond substituents is 1. The molecule has 2 N–H and O–H groups in total. The molecular weight excluding hydrogens is 370 g/mol. The van der Waals surface area contributed by atoms with Gasteiger partial charge >= 0.3 is 0 Å². The molecule has 0 amide bonds. The van der Waals surface area contributed by atoms with E-state index in [4.69, 9.17) is 0 Å². The summed E-state index contributed by atoms with van der Waals surface area (Å²) >= 11 is 6.88. The Hall–Kier alpha value is -0.840. The fourth-order valence-electron chi connectivity index (χ4n) is 1.90. The molecule has 19 heavy (non-hydrogen) atoms. The number of para-hydroxylation sites is 1. The van der Waals surface area contributed by atoms with Gasteiger partial charge in [-0.2, -0.15) is 0 Å². The van der Waals surface area contributed by atoms with Crippen molar-refractivity contribution in [3.05, 3.63) is 62.5 Å². The largest absolute Gasteiger partial charge is 0.506 e. The van der Waals surface area contributed by atoms with Crippen LogP contribution in [0, 0.1) is 0 Å². The zero-order valence-electron chi connectivity index (χ0n) is 10.5. The second-order valence-electron chi connectivity index (χ2n) is 4.37. The minimum absolute atomic E-state index is 0.203. The smallest absolute Gasteiger partial charge is 0.134 e. The summed E-state index contributed by atoms with van der Waals surface area (Å²) in [4.78, 5) is 0. The Morgan fingerprint density at radius 3 is 2.47 bits per heavy atom. The zero-order valence-corrected chi connectivity index (χ0v) is 13.7. The van der Waals surface area contributed by atoms with E-state index in [0.29, 0.717) is 12.3 Å². The topological polar surface area (TPSA) is 32.3 Å². The van der Waals surface area contributed by atoms with Gasteiger partial charge in [0.05, 0.1) is 4.47 Å². The Morgan fingerprint density at radius 1 is 1.05 bits per heavy atom. The maximum Gasteiger partial charge on any atom is 0.134 e. The molecule has 100 valence electrons. The zero-order chi connectivity index (χ0) is 13.8. The van der Waals surface area contributed by atoms with Crippen LogP contribution in [0.2, 0.25) is 0 Å². The normalized spacial score (nSPS) is 12.4. The molecule has 2 aromatic rings. The third-order valence-electron chi connectivity index (χ3n) is 3.04. The molecule has 4 heteroatoms. The van der Waals surface area contributed by atoms with Crippen molar-refractivity contribution in [2.45, 2.75) is 19.5 Å². The minimum atomic E-state index is 0.203. The Kier molecular flexibility index (Phi) is 5.02. The summed E-state index contributed by atoms with van der Waals surface area (Å²) in [6.45, 7) is 2.73. The summed E-state index contributed by atoms with van der Waals surface area (Å²) in [5, 5.41) is 13.4. The highest BCUT2D eigenvalue weighted by atomic mass is 79.9. The van der Waals surface area contributed by atoms with E-state index >= 15 is 0 Å². The van der Waals surface area contributed by atoms with E-state index in [2.05, 4.69) is 50.2 Å². The van der Waals surface area contributed by atoms with E-state index in [0.717, 1.165) is 14.5 Å². The van der Waals surface area contributed by atoms with E-state index in [-0.39, 0.29) is 6.04 Å². The first-order valence-electron chi connectivity index (χ1n) is 6.03. The molecule has 2 aromatic carbocycles. The van der Waals surface area contributed by atoms with Crippen molar-refractivity contribution < 1.29 is 5.11 Å². The lowest BCUT2D eigenvalue weighted by molar-refractivity contribution is 0.457. The van der Waals surface area contributed by atoms with Gasteiger partial charge in [-0.05, 0) is 40.5 Å². The predicted molar refractivity (Wildman–Crippen MR) is 85.2 cm³/mol. The predicted octanol–water partition coefficient (Wildman–Crippen LogP) is 4.77. The van der Waals surface area contributed by atoms with E-state index in [1.807, 2.05) is 36.4 Å². The molecule has 0 bridgehead atoms. The van der Waals surface area contributed by atoms with E-state index in [1.54, 1.807) is 0 Å². The van der Waals surface area contributed by atoms with Gasteiger partial charge in [0.25, 0.3) is 0 Å². The minimum Gasteiger partial charge on any atom is -0.506 e. The van der Waals surface area contributed by atoms with Crippen molar-refractivity contribution >= 4 is 31.9 Å². The van der Waals surface area contributed by atoms with Crippen LogP contribution in [0.3, 0.4) is 0 Å². The summed E-state index contributed by atoms with van der Waals surface area (Å²) in [7, 11) is 0. The lowest BCUT2D eigenvalue weighted by Gasteiger charge is -2.16. The molecule has 0 aliphatic rings. The van der Waals surface area contributed by atoms with Crippen LogP contribution in [0.5, 0.6) is 5.75 Å². The molecular formula is C15H15Br2NO. The fraction of sp³-hybridized carbons (Fsp3) is 0.200. The van der Waals surface area contributed by atoms with Crippen LogP contribution in [0.1, 0.15) is 24.1 Å². The van der Waals surface area contributed by atoms with Crippen molar-refractivity contribution in [1.82, 2.24) is 5.32 Å². The quantitative estimate of drug-likeness (QED) is 0.795. The first-order valence-corrected chi connectivity index (χ1v) is 7.62. The molecule has 2 rings (SSSR count). The summed E-state index contributed by atoms with van der Waals surface area (Å²) in [6, 6.07) is 14.0. The molecule has 1 unspecified atom stereocenters. The highest BCUT2D eigenvalue weighted by molar-refractivity contribution is 9.10. The summed E-state index contributed by atoms with van der Waals surface area (Å²) in [5.74, 6) is 0.300. The van der Waals surface area contributed by atoms with Crippen molar-refractivity contribution in [3.63, 3.8) is 0 Å². The Morgan fingerprint density at radius 2 is 1.74 bits per heavy atom. The fourth-order valence-corrected chi connectivity index (χ4v) is 2.94. The number of hydrogen-bond donors (Lipinski definition) is 2. The van der Waals surface area contributed by atoms with Crippen LogP contribution in [-0.4, -0.2) is 5.11 Å². The third kappa shape index (κ3) is 3.59. The van der Waals surface area contributed by atoms with Gasteiger partial charge in [0, 0.05) is 22.6 Å². The molecule has 0 spiro atoms. The molecule has 0 saturated carbocycles. The highest BCUT2D eigenvalue weighted by Gasteiger charge is 2.10. The van der Waals surface area contributed by atoms with Gasteiger partial charge in [-0.15, -0.1) is 0 Å². The van der Waals surface area contributed by atoms with Crippen molar-refractivity contribution in [2.24, 2.45) is 0 Å². The van der Waals surface area contributed by atoms with Gasteiger partial charge in [0.1, 0.15) is 5.75 Å². The van der Waals surface area contributed by atoms with Crippen molar-refractivity contribution in [3.8, 4) is 5.75 Å². The van der Waals surface area contributed by atoms with Gasteiger partial charge < -0.3 is 10.4 Å². The SMILES string of the molecule is CC(NCc1cccc(Br)c1O)c1ccccc1Br. The number of hydrogen-bond acceptors (Lipinski definition) is 2. The Labute approximate surface area is 130 Å². The molecule has 0 saturated heterocycles. The molecule has 1 atom stereocenters. The van der Waals surface area contributed by atoms with E-state index in [9.17, 15) is 5.11 Å². The van der Waals surface area contributed by atoms with Crippen LogP contribution in [-0.2, 0) is 6.54 Å². The summed E-state index contributed by atoms with van der Waals surface area (Å²) in [5.41, 5.74) is 2.09. The highest BCUT2D eigenvalue weighted by Crippen LogP contribution is 2.28. The van der Waals surface area contributed by atoms with Gasteiger partial charge in [0.2, 0.25) is 0 Å².